The quantitative estimate of drug-likeness (QED) is 0.752. The molecular weight excluding hydrogens is 261 g/mol. The number of ether oxygens (including phenoxy) is 1. The molecule has 1 amide bonds. The highest BCUT2D eigenvalue weighted by atomic mass is 19.1. The van der Waals surface area contributed by atoms with Gasteiger partial charge >= 0.3 is 0 Å². The third-order valence-corrected chi connectivity index (χ3v) is 2.90. The van der Waals surface area contributed by atoms with Crippen LogP contribution in [0.5, 0.6) is 5.75 Å². The van der Waals surface area contributed by atoms with Gasteiger partial charge in [0.2, 0.25) is 5.91 Å². The first-order valence-electron chi connectivity index (χ1n) is 6.69. The van der Waals surface area contributed by atoms with E-state index in [9.17, 15) is 9.18 Å². The van der Waals surface area contributed by atoms with Crippen molar-refractivity contribution in [1.29, 1.82) is 0 Å². The summed E-state index contributed by atoms with van der Waals surface area (Å²) in [7, 11) is 1.72. The van der Waals surface area contributed by atoms with Crippen LogP contribution in [0.4, 0.5) is 15.8 Å². The Morgan fingerprint density at radius 3 is 2.75 bits per heavy atom. The number of halogens is 1. The van der Waals surface area contributed by atoms with Crippen LogP contribution < -0.4 is 15.8 Å². The highest BCUT2D eigenvalue weighted by Crippen LogP contribution is 2.28. The predicted molar refractivity (Wildman–Crippen MR) is 78.4 cm³/mol. The van der Waals surface area contributed by atoms with Gasteiger partial charge < -0.3 is 20.7 Å². The molecule has 0 saturated carbocycles. The Hall–Kier alpha value is -1.98. The second-order valence-electron chi connectivity index (χ2n) is 4.48. The first kappa shape index (κ1) is 16.1. The summed E-state index contributed by atoms with van der Waals surface area (Å²) in [4.78, 5) is 13.3. The lowest BCUT2D eigenvalue weighted by molar-refractivity contribution is -0.127. The van der Waals surface area contributed by atoms with E-state index in [-0.39, 0.29) is 23.9 Å². The van der Waals surface area contributed by atoms with Crippen molar-refractivity contribution in [2.24, 2.45) is 0 Å². The third kappa shape index (κ3) is 4.29. The summed E-state index contributed by atoms with van der Waals surface area (Å²) in [5.74, 6) is -0.425. The van der Waals surface area contributed by atoms with Crippen molar-refractivity contribution in [3.63, 3.8) is 0 Å². The van der Waals surface area contributed by atoms with Crippen LogP contribution in [0.25, 0.3) is 0 Å². The Bertz CT molecular complexity index is 466. The number of nitrogens with one attached hydrogen (secondary N) is 1. The Morgan fingerprint density at radius 1 is 1.45 bits per heavy atom. The van der Waals surface area contributed by atoms with Gasteiger partial charge in [0.05, 0.1) is 24.5 Å². The van der Waals surface area contributed by atoms with Crippen molar-refractivity contribution in [1.82, 2.24) is 4.90 Å². The van der Waals surface area contributed by atoms with E-state index >= 15 is 0 Å². The average molecular weight is 283 g/mol. The molecule has 1 rings (SSSR count). The molecular formula is C14H22FN3O2. The summed E-state index contributed by atoms with van der Waals surface area (Å²) in [5, 5.41) is 2.91. The Morgan fingerprint density at radius 2 is 2.15 bits per heavy atom. The number of nitrogens with two attached hydrogens (primary N) is 1. The zero-order chi connectivity index (χ0) is 15.1. The van der Waals surface area contributed by atoms with Crippen LogP contribution in [0.1, 0.15) is 20.3 Å². The monoisotopic (exact) mass is 283 g/mol. The number of nitrogen functional groups attached to an aromatic ring is 1. The number of carbonyl (C=O) groups excluding carboxylic acids is 1. The lowest BCUT2D eigenvalue weighted by atomic mass is 10.2. The van der Waals surface area contributed by atoms with Crippen molar-refractivity contribution in [3.05, 3.63) is 17.9 Å². The van der Waals surface area contributed by atoms with Crippen LogP contribution in [0.2, 0.25) is 0 Å². The van der Waals surface area contributed by atoms with Crippen molar-refractivity contribution >= 4 is 17.3 Å². The highest BCUT2D eigenvalue weighted by Gasteiger charge is 2.11. The summed E-state index contributed by atoms with van der Waals surface area (Å²) < 4.78 is 18.9. The van der Waals surface area contributed by atoms with Crippen LogP contribution in [0.15, 0.2) is 12.1 Å². The standard InChI is InChI=1S/C14H22FN3O2/c1-4-6-20-13-8-12(11(16)7-10(13)15)17-9-14(19)18(3)5-2/h7-8,17H,4-6,9,16H2,1-3H3. The number of carbonyl (C=O) groups is 1. The summed E-state index contributed by atoms with van der Waals surface area (Å²) >= 11 is 0. The topological polar surface area (TPSA) is 67.6 Å². The zero-order valence-electron chi connectivity index (χ0n) is 12.2. The molecule has 0 aliphatic carbocycles. The normalized spacial score (nSPS) is 10.2. The van der Waals surface area contributed by atoms with Crippen molar-refractivity contribution in [2.45, 2.75) is 20.3 Å². The molecule has 1 aromatic rings. The fourth-order valence-corrected chi connectivity index (χ4v) is 1.53. The molecule has 1 aromatic carbocycles. The molecule has 0 bridgehead atoms. The van der Waals surface area contributed by atoms with Crippen LogP contribution in [0.3, 0.4) is 0 Å². The summed E-state index contributed by atoms with van der Waals surface area (Å²) in [6.07, 6.45) is 0.784. The predicted octanol–water partition coefficient (Wildman–Crippen LogP) is 2.09. The fourth-order valence-electron chi connectivity index (χ4n) is 1.53. The number of rotatable bonds is 7. The summed E-state index contributed by atoms with van der Waals surface area (Å²) in [6.45, 7) is 4.99. The molecule has 0 aliphatic heterocycles. The number of hydrogen-bond donors (Lipinski definition) is 2. The number of likely N-dealkylation sites (N-methyl/N-ethyl adjacent to an activating group) is 1. The molecule has 0 unspecified atom stereocenters. The molecule has 112 valence electrons. The molecule has 0 fully saturated rings. The zero-order valence-corrected chi connectivity index (χ0v) is 12.2. The number of nitrogens with zero attached hydrogens (tertiary/aromatic N) is 1. The smallest absolute Gasteiger partial charge is 0.241 e. The summed E-state index contributed by atoms with van der Waals surface area (Å²) in [5.41, 5.74) is 6.47. The van der Waals surface area contributed by atoms with Crippen molar-refractivity contribution in [2.75, 3.05) is 37.8 Å². The Balaban J connectivity index is 2.76. The lowest BCUT2D eigenvalue weighted by Gasteiger charge is -2.17. The first-order chi connectivity index (χ1) is 9.49. The maximum Gasteiger partial charge on any atom is 0.241 e. The maximum atomic E-state index is 13.6. The van der Waals surface area contributed by atoms with E-state index < -0.39 is 5.82 Å². The van der Waals surface area contributed by atoms with Crippen LogP contribution >= 0.6 is 0 Å². The van der Waals surface area contributed by atoms with Gasteiger partial charge in [-0.3, -0.25) is 4.79 Å². The molecule has 0 atom stereocenters. The number of anilines is 2. The van der Waals surface area contributed by atoms with Gasteiger partial charge in [-0.15, -0.1) is 0 Å². The van der Waals surface area contributed by atoms with Gasteiger partial charge in [0, 0.05) is 25.7 Å². The molecule has 6 heteroatoms. The third-order valence-electron chi connectivity index (χ3n) is 2.90. The number of amides is 1. The van der Waals surface area contributed by atoms with Gasteiger partial charge in [-0.25, -0.2) is 4.39 Å². The maximum absolute atomic E-state index is 13.6. The van der Waals surface area contributed by atoms with Crippen molar-refractivity contribution in [3.8, 4) is 5.75 Å². The van der Waals surface area contributed by atoms with Gasteiger partial charge in [0.1, 0.15) is 0 Å². The Labute approximate surface area is 118 Å². The summed E-state index contributed by atoms with van der Waals surface area (Å²) in [6, 6.07) is 2.68. The van der Waals surface area contributed by atoms with Gasteiger partial charge in [0.15, 0.2) is 11.6 Å². The highest BCUT2D eigenvalue weighted by molar-refractivity contribution is 5.82. The molecule has 0 radical (unpaired) electrons. The fraction of sp³-hybridized carbons (Fsp3) is 0.500. The molecule has 0 spiro atoms. The van der Waals surface area contributed by atoms with E-state index in [4.69, 9.17) is 10.5 Å². The van der Waals surface area contributed by atoms with E-state index in [1.165, 1.54) is 12.1 Å². The SMILES string of the molecule is CCCOc1cc(NCC(=O)N(C)CC)c(N)cc1F. The molecule has 0 aliphatic rings. The average Bonchev–Trinajstić information content (AvgIpc) is 2.44. The van der Waals surface area contributed by atoms with Crippen LogP contribution in [0, 0.1) is 5.82 Å². The number of benzene rings is 1. The largest absolute Gasteiger partial charge is 0.490 e. The molecule has 5 nitrogen and oxygen atoms in total. The number of hydrogen-bond acceptors (Lipinski definition) is 4. The van der Waals surface area contributed by atoms with Gasteiger partial charge in [0.25, 0.3) is 0 Å². The van der Waals surface area contributed by atoms with Crippen LogP contribution in [-0.4, -0.2) is 37.6 Å². The molecule has 3 N–H and O–H groups in total. The lowest BCUT2D eigenvalue weighted by Crippen LogP contribution is -2.32. The minimum atomic E-state index is -0.501. The first-order valence-corrected chi connectivity index (χ1v) is 6.69. The van der Waals surface area contributed by atoms with E-state index in [0.717, 1.165) is 6.42 Å². The minimum absolute atomic E-state index is 0.0627. The van der Waals surface area contributed by atoms with Crippen molar-refractivity contribution < 1.29 is 13.9 Å². The molecule has 20 heavy (non-hydrogen) atoms. The van der Waals surface area contributed by atoms with E-state index in [1.54, 1.807) is 11.9 Å². The van der Waals surface area contributed by atoms with E-state index in [0.29, 0.717) is 18.8 Å². The van der Waals surface area contributed by atoms with E-state index in [2.05, 4.69) is 5.32 Å². The van der Waals surface area contributed by atoms with Crippen LogP contribution in [-0.2, 0) is 4.79 Å². The minimum Gasteiger partial charge on any atom is -0.490 e. The molecule has 0 heterocycles. The van der Waals surface area contributed by atoms with Gasteiger partial charge in [-0.2, -0.15) is 0 Å². The second kappa shape index (κ2) is 7.57. The molecule has 0 aromatic heterocycles. The van der Waals surface area contributed by atoms with Gasteiger partial charge in [-0.05, 0) is 13.3 Å². The Kier molecular flexibility index (Phi) is 6.09. The molecule has 0 saturated heterocycles. The van der Waals surface area contributed by atoms with E-state index in [1.807, 2.05) is 13.8 Å². The van der Waals surface area contributed by atoms with Gasteiger partial charge in [-0.1, -0.05) is 6.92 Å². The second-order valence-corrected chi connectivity index (χ2v) is 4.48.